The van der Waals surface area contributed by atoms with Gasteiger partial charge in [0.1, 0.15) is 18.0 Å². The molecule has 2 aromatic rings. The fourth-order valence-electron chi connectivity index (χ4n) is 1.20. The standard InChI is InChI=1S/C9H9FN4/c1-6-12-5-14(13-6)9-3-2-7(10)4-8(9)11/h2-5H,11H2,1H3. The number of nitrogens with two attached hydrogens (primary N) is 1. The van der Waals surface area contributed by atoms with Gasteiger partial charge in [0.05, 0.1) is 11.4 Å². The first-order valence-electron chi connectivity index (χ1n) is 4.10. The van der Waals surface area contributed by atoms with Crippen LogP contribution < -0.4 is 5.73 Å². The van der Waals surface area contributed by atoms with Gasteiger partial charge in [-0.2, -0.15) is 5.10 Å². The maximum absolute atomic E-state index is 12.7. The molecule has 1 aromatic heterocycles. The van der Waals surface area contributed by atoms with Crippen LogP contribution in [-0.2, 0) is 0 Å². The molecule has 14 heavy (non-hydrogen) atoms. The van der Waals surface area contributed by atoms with Crippen LogP contribution in [0.1, 0.15) is 5.82 Å². The van der Waals surface area contributed by atoms with Crippen molar-refractivity contribution in [1.82, 2.24) is 14.8 Å². The fraction of sp³-hybridized carbons (Fsp3) is 0.111. The van der Waals surface area contributed by atoms with E-state index in [2.05, 4.69) is 10.1 Å². The molecule has 2 N–H and O–H groups in total. The summed E-state index contributed by atoms with van der Waals surface area (Å²) in [6, 6.07) is 4.16. The minimum atomic E-state index is -0.358. The largest absolute Gasteiger partial charge is 0.397 e. The van der Waals surface area contributed by atoms with Crippen LogP contribution >= 0.6 is 0 Å². The molecule has 0 aliphatic heterocycles. The number of hydrogen-bond acceptors (Lipinski definition) is 3. The number of benzene rings is 1. The van der Waals surface area contributed by atoms with Crippen molar-refractivity contribution >= 4 is 5.69 Å². The van der Waals surface area contributed by atoms with Gasteiger partial charge in [-0.05, 0) is 25.1 Å². The first-order valence-corrected chi connectivity index (χ1v) is 4.10. The molecule has 1 heterocycles. The van der Waals surface area contributed by atoms with E-state index in [4.69, 9.17) is 5.73 Å². The second-order valence-corrected chi connectivity index (χ2v) is 2.94. The van der Waals surface area contributed by atoms with E-state index < -0.39 is 0 Å². The Bertz CT molecular complexity index is 464. The molecule has 0 saturated heterocycles. The smallest absolute Gasteiger partial charge is 0.147 e. The van der Waals surface area contributed by atoms with E-state index >= 15 is 0 Å². The van der Waals surface area contributed by atoms with Crippen LogP contribution in [0.3, 0.4) is 0 Å². The number of rotatable bonds is 1. The van der Waals surface area contributed by atoms with Gasteiger partial charge in [-0.15, -0.1) is 0 Å². The van der Waals surface area contributed by atoms with Gasteiger partial charge < -0.3 is 5.73 Å². The third-order valence-electron chi connectivity index (χ3n) is 1.84. The molecular formula is C9H9FN4. The maximum atomic E-state index is 12.7. The van der Waals surface area contributed by atoms with Gasteiger partial charge in [0.2, 0.25) is 0 Å². The molecule has 5 heteroatoms. The lowest BCUT2D eigenvalue weighted by Crippen LogP contribution is -2.00. The van der Waals surface area contributed by atoms with Crippen LogP contribution in [0.4, 0.5) is 10.1 Å². The van der Waals surface area contributed by atoms with Crippen LogP contribution in [0.2, 0.25) is 0 Å². The summed E-state index contributed by atoms with van der Waals surface area (Å²) in [5.41, 5.74) is 6.61. The van der Waals surface area contributed by atoms with Gasteiger partial charge in [-0.1, -0.05) is 0 Å². The quantitative estimate of drug-likeness (QED) is 0.693. The van der Waals surface area contributed by atoms with E-state index in [1.165, 1.54) is 16.8 Å². The lowest BCUT2D eigenvalue weighted by molar-refractivity contribution is 0.627. The van der Waals surface area contributed by atoms with Crippen LogP contribution in [0.25, 0.3) is 5.69 Å². The van der Waals surface area contributed by atoms with Crippen LogP contribution in [-0.4, -0.2) is 14.8 Å². The van der Waals surface area contributed by atoms with Crippen molar-refractivity contribution in [2.75, 3.05) is 5.73 Å². The summed E-state index contributed by atoms with van der Waals surface area (Å²) in [5.74, 6) is 0.289. The van der Waals surface area contributed by atoms with Crippen LogP contribution in [0, 0.1) is 12.7 Å². The highest BCUT2D eigenvalue weighted by atomic mass is 19.1. The minimum Gasteiger partial charge on any atom is -0.397 e. The lowest BCUT2D eigenvalue weighted by Gasteiger charge is -2.03. The van der Waals surface area contributed by atoms with Gasteiger partial charge >= 0.3 is 0 Å². The van der Waals surface area contributed by atoms with Gasteiger partial charge in [-0.3, -0.25) is 0 Å². The predicted molar refractivity (Wildman–Crippen MR) is 50.5 cm³/mol. The number of anilines is 1. The van der Waals surface area contributed by atoms with Gasteiger partial charge in [0.15, 0.2) is 0 Å². The molecule has 0 saturated carbocycles. The molecule has 0 bridgehead atoms. The van der Waals surface area contributed by atoms with Gasteiger partial charge in [0.25, 0.3) is 0 Å². The molecule has 0 radical (unpaired) electrons. The highest BCUT2D eigenvalue weighted by Gasteiger charge is 2.04. The highest BCUT2D eigenvalue weighted by Crippen LogP contribution is 2.16. The van der Waals surface area contributed by atoms with Crippen molar-refractivity contribution in [3.63, 3.8) is 0 Å². The molecule has 0 fully saturated rings. The van der Waals surface area contributed by atoms with E-state index in [1.54, 1.807) is 19.3 Å². The Kier molecular flexibility index (Phi) is 1.92. The van der Waals surface area contributed by atoms with Crippen molar-refractivity contribution in [2.45, 2.75) is 6.92 Å². The number of halogens is 1. The normalized spacial score (nSPS) is 10.4. The predicted octanol–water partition coefficient (Wildman–Crippen LogP) is 1.30. The van der Waals surface area contributed by atoms with Crippen molar-refractivity contribution in [3.05, 3.63) is 36.2 Å². The van der Waals surface area contributed by atoms with E-state index in [9.17, 15) is 4.39 Å². The highest BCUT2D eigenvalue weighted by molar-refractivity contribution is 5.56. The second kappa shape index (κ2) is 3.10. The molecule has 4 nitrogen and oxygen atoms in total. The van der Waals surface area contributed by atoms with Crippen LogP contribution in [0.15, 0.2) is 24.5 Å². The summed E-state index contributed by atoms with van der Waals surface area (Å²) in [6.07, 6.45) is 1.54. The molecule has 72 valence electrons. The Morgan fingerprint density at radius 3 is 2.79 bits per heavy atom. The second-order valence-electron chi connectivity index (χ2n) is 2.94. The zero-order valence-corrected chi connectivity index (χ0v) is 7.61. The molecule has 1 aromatic carbocycles. The molecule has 0 spiro atoms. The Hall–Kier alpha value is -1.91. The SMILES string of the molecule is Cc1ncn(-c2ccc(F)cc2N)n1. The minimum absolute atomic E-state index is 0.343. The van der Waals surface area contributed by atoms with E-state index in [0.29, 0.717) is 17.2 Å². The lowest BCUT2D eigenvalue weighted by atomic mass is 10.2. The molecule has 0 aliphatic rings. The zero-order chi connectivity index (χ0) is 10.1. The van der Waals surface area contributed by atoms with Crippen molar-refractivity contribution in [1.29, 1.82) is 0 Å². The Morgan fingerprint density at radius 2 is 2.21 bits per heavy atom. The molecule has 0 unspecified atom stereocenters. The third-order valence-corrected chi connectivity index (χ3v) is 1.84. The molecule has 0 atom stereocenters. The van der Waals surface area contributed by atoms with E-state index in [-0.39, 0.29) is 5.82 Å². The maximum Gasteiger partial charge on any atom is 0.147 e. The number of aryl methyl sites for hydroxylation is 1. The summed E-state index contributed by atoms with van der Waals surface area (Å²) in [6.45, 7) is 1.77. The topological polar surface area (TPSA) is 56.7 Å². The zero-order valence-electron chi connectivity index (χ0n) is 7.61. The average Bonchev–Trinajstić information content (AvgIpc) is 2.51. The first-order chi connectivity index (χ1) is 6.66. The van der Waals surface area contributed by atoms with E-state index in [0.717, 1.165) is 0 Å². The average molecular weight is 192 g/mol. The Morgan fingerprint density at radius 1 is 1.43 bits per heavy atom. The Balaban J connectivity index is 2.52. The van der Waals surface area contributed by atoms with Crippen molar-refractivity contribution in [2.24, 2.45) is 0 Å². The van der Waals surface area contributed by atoms with E-state index in [1.807, 2.05) is 0 Å². The summed E-state index contributed by atoms with van der Waals surface area (Å²) in [5, 5.41) is 4.07. The number of nitrogens with zero attached hydrogens (tertiary/aromatic N) is 3. The first kappa shape index (κ1) is 8.68. The van der Waals surface area contributed by atoms with Gasteiger partial charge in [0, 0.05) is 0 Å². The Labute approximate surface area is 80.2 Å². The molecule has 0 amide bonds. The number of nitrogen functional groups attached to an aromatic ring is 1. The summed E-state index contributed by atoms with van der Waals surface area (Å²) in [4.78, 5) is 3.96. The number of aromatic nitrogens is 3. The van der Waals surface area contributed by atoms with Gasteiger partial charge in [-0.25, -0.2) is 14.1 Å². The summed E-state index contributed by atoms with van der Waals surface area (Å²) < 4.78 is 14.3. The van der Waals surface area contributed by atoms with Crippen LogP contribution in [0.5, 0.6) is 0 Å². The third kappa shape index (κ3) is 1.44. The number of hydrogen-bond donors (Lipinski definition) is 1. The fourth-order valence-corrected chi connectivity index (χ4v) is 1.20. The molecular weight excluding hydrogens is 183 g/mol. The summed E-state index contributed by atoms with van der Waals surface area (Å²) >= 11 is 0. The van der Waals surface area contributed by atoms with Crippen molar-refractivity contribution in [3.8, 4) is 5.69 Å². The molecule has 2 rings (SSSR count). The molecule has 0 aliphatic carbocycles. The summed E-state index contributed by atoms with van der Waals surface area (Å²) in [7, 11) is 0. The van der Waals surface area contributed by atoms with Crippen molar-refractivity contribution < 1.29 is 4.39 Å². The monoisotopic (exact) mass is 192 g/mol.